The zero-order valence-electron chi connectivity index (χ0n) is 14.1. The summed E-state index contributed by atoms with van der Waals surface area (Å²) in [5.41, 5.74) is 0.921. The molecule has 0 unspecified atom stereocenters. The molecule has 3 aromatic rings. The third kappa shape index (κ3) is 4.67. The Morgan fingerprint density at radius 1 is 1.24 bits per heavy atom. The van der Waals surface area contributed by atoms with Crippen LogP contribution in [0.2, 0.25) is 0 Å². The van der Waals surface area contributed by atoms with Crippen molar-refractivity contribution < 1.29 is 13.9 Å². The van der Waals surface area contributed by atoms with Crippen LogP contribution in [0.1, 0.15) is 22.2 Å². The van der Waals surface area contributed by atoms with Crippen molar-refractivity contribution in [2.45, 2.75) is 26.3 Å². The third-order valence-corrected chi connectivity index (χ3v) is 4.54. The van der Waals surface area contributed by atoms with E-state index < -0.39 is 0 Å². The number of oxazole rings is 1. The predicted octanol–water partition coefficient (Wildman–Crippen LogP) is 3.36. The Kier molecular flexibility index (Phi) is 5.45. The van der Waals surface area contributed by atoms with Crippen molar-refractivity contribution in [3.05, 3.63) is 52.4 Å². The Morgan fingerprint density at radius 2 is 2.04 bits per heavy atom. The van der Waals surface area contributed by atoms with E-state index in [1.54, 1.807) is 30.8 Å². The van der Waals surface area contributed by atoms with Gasteiger partial charge in [-0.15, -0.1) is 11.3 Å². The minimum Gasteiger partial charge on any atom is -0.497 e. The van der Waals surface area contributed by atoms with Crippen molar-refractivity contribution in [3.63, 3.8) is 0 Å². The summed E-state index contributed by atoms with van der Waals surface area (Å²) in [4.78, 5) is 21.4. The van der Waals surface area contributed by atoms with Gasteiger partial charge in [0.15, 0.2) is 11.7 Å². The van der Waals surface area contributed by atoms with Crippen LogP contribution in [-0.2, 0) is 17.8 Å². The molecule has 0 aliphatic carbocycles. The van der Waals surface area contributed by atoms with E-state index in [9.17, 15) is 4.79 Å². The average molecular weight is 357 g/mol. The number of methoxy groups -OCH3 is 1. The van der Waals surface area contributed by atoms with Crippen LogP contribution in [0, 0.1) is 6.92 Å². The topological polar surface area (TPSA) is 77.2 Å². The molecular formula is C18H19N3O3S. The summed E-state index contributed by atoms with van der Waals surface area (Å²) in [5, 5.41) is 3.88. The Morgan fingerprint density at radius 3 is 2.72 bits per heavy atom. The van der Waals surface area contributed by atoms with Gasteiger partial charge in [-0.2, -0.15) is 0 Å². The number of nitrogens with one attached hydrogen (secondary N) is 1. The van der Waals surface area contributed by atoms with E-state index in [1.807, 2.05) is 31.2 Å². The van der Waals surface area contributed by atoms with E-state index in [0.29, 0.717) is 31.0 Å². The fourth-order valence-corrected chi connectivity index (χ4v) is 3.03. The fraction of sp³-hybridized carbons (Fsp3) is 0.278. The van der Waals surface area contributed by atoms with Gasteiger partial charge in [0.25, 0.3) is 0 Å². The number of amides is 1. The lowest BCUT2D eigenvalue weighted by Crippen LogP contribution is -2.22. The van der Waals surface area contributed by atoms with Gasteiger partial charge >= 0.3 is 0 Å². The van der Waals surface area contributed by atoms with Gasteiger partial charge in [0.05, 0.1) is 24.9 Å². The van der Waals surface area contributed by atoms with Crippen LogP contribution >= 0.6 is 11.3 Å². The summed E-state index contributed by atoms with van der Waals surface area (Å²) in [6.07, 6.45) is 4.26. The van der Waals surface area contributed by atoms with Crippen LogP contribution in [0.5, 0.6) is 5.75 Å². The van der Waals surface area contributed by atoms with Crippen molar-refractivity contribution in [2.75, 3.05) is 7.11 Å². The normalized spacial score (nSPS) is 10.6. The second-order valence-corrected chi connectivity index (χ2v) is 6.79. The molecule has 0 saturated carbocycles. The van der Waals surface area contributed by atoms with Crippen LogP contribution < -0.4 is 10.1 Å². The molecule has 0 fully saturated rings. The zero-order valence-corrected chi connectivity index (χ0v) is 14.9. The maximum Gasteiger partial charge on any atom is 0.220 e. The zero-order chi connectivity index (χ0) is 17.6. The largest absolute Gasteiger partial charge is 0.497 e. The highest BCUT2D eigenvalue weighted by Crippen LogP contribution is 2.23. The first kappa shape index (κ1) is 17.2. The summed E-state index contributed by atoms with van der Waals surface area (Å²) in [6, 6.07) is 7.55. The number of hydrogen-bond donors (Lipinski definition) is 1. The number of rotatable bonds is 7. The summed E-state index contributed by atoms with van der Waals surface area (Å²) in [6.45, 7) is 2.45. The summed E-state index contributed by atoms with van der Waals surface area (Å²) >= 11 is 1.58. The first-order chi connectivity index (χ1) is 12.1. The van der Waals surface area contributed by atoms with Gasteiger partial charge in [0.1, 0.15) is 5.75 Å². The molecule has 6 nitrogen and oxygen atoms in total. The standard InChI is InChI=1S/C18H19N3O3S/c1-12-19-9-15(25-12)10-20-17(22)7-8-18-21-11-16(24-18)13-3-5-14(23-2)6-4-13/h3-6,9,11H,7-8,10H2,1-2H3,(H,20,22). The number of carbonyl (C=O) groups excluding carboxylic acids is 1. The van der Waals surface area contributed by atoms with Crippen molar-refractivity contribution in [2.24, 2.45) is 0 Å². The number of benzene rings is 1. The first-order valence-corrected chi connectivity index (χ1v) is 8.73. The van der Waals surface area contributed by atoms with Gasteiger partial charge < -0.3 is 14.5 Å². The molecule has 0 atom stereocenters. The molecule has 0 aliphatic heterocycles. The Balaban J connectivity index is 1.50. The Hall–Kier alpha value is -2.67. The minimum atomic E-state index is -0.0322. The lowest BCUT2D eigenvalue weighted by molar-refractivity contribution is -0.121. The first-order valence-electron chi connectivity index (χ1n) is 7.91. The number of aromatic nitrogens is 2. The highest BCUT2D eigenvalue weighted by atomic mass is 32.1. The van der Waals surface area contributed by atoms with Crippen molar-refractivity contribution in [1.82, 2.24) is 15.3 Å². The van der Waals surface area contributed by atoms with Crippen molar-refractivity contribution >= 4 is 17.2 Å². The maximum atomic E-state index is 11.9. The number of hydrogen-bond acceptors (Lipinski definition) is 6. The molecule has 3 rings (SSSR count). The smallest absolute Gasteiger partial charge is 0.220 e. The molecule has 0 aliphatic rings. The molecule has 7 heteroatoms. The number of ether oxygens (including phenoxy) is 1. The van der Waals surface area contributed by atoms with Crippen LogP contribution in [-0.4, -0.2) is 23.0 Å². The van der Waals surface area contributed by atoms with E-state index in [1.165, 1.54) is 0 Å². The number of carbonyl (C=O) groups is 1. The molecule has 0 saturated heterocycles. The molecule has 0 bridgehead atoms. The average Bonchev–Trinajstić information content (AvgIpc) is 3.27. The lowest BCUT2D eigenvalue weighted by atomic mass is 10.2. The van der Waals surface area contributed by atoms with Crippen molar-refractivity contribution in [1.29, 1.82) is 0 Å². The Bertz CT molecular complexity index is 839. The van der Waals surface area contributed by atoms with E-state index >= 15 is 0 Å². The van der Waals surface area contributed by atoms with Crippen LogP contribution in [0.25, 0.3) is 11.3 Å². The molecule has 1 N–H and O–H groups in total. The minimum absolute atomic E-state index is 0.0322. The second-order valence-electron chi connectivity index (χ2n) is 5.47. The second kappa shape index (κ2) is 7.94. The molecule has 0 spiro atoms. The lowest BCUT2D eigenvalue weighted by Gasteiger charge is -2.02. The summed E-state index contributed by atoms with van der Waals surface area (Å²) < 4.78 is 10.9. The molecule has 1 amide bonds. The molecule has 130 valence electrons. The van der Waals surface area contributed by atoms with Gasteiger partial charge in [0, 0.05) is 29.5 Å². The highest BCUT2D eigenvalue weighted by molar-refractivity contribution is 7.11. The van der Waals surface area contributed by atoms with Gasteiger partial charge in [-0.1, -0.05) is 0 Å². The highest BCUT2D eigenvalue weighted by Gasteiger charge is 2.09. The Labute approximate surface area is 149 Å². The van der Waals surface area contributed by atoms with Crippen molar-refractivity contribution in [3.8, 4) is 17.1 Å². The summed E-state index contributed by atoms with van der Waals surface area (Å²) in [5.74, 6) is 1.99. The monoisotopic (exact) mass is 357 g/mol. The van der Waals surface area contributed by atoms with E-state index in [4.69, 9.17) is 9.15 Å². The molecular weight excluding hydrogens is 338 g/mol. The quantitative estimate of drug-likeness (QED) is 0.701. The predicted molar refractivity (Wildman–Crippen MR) is 95.5 cm³/mol. The molecule has 2 heterocycles. The number of thiazole rings is 1. The van der Waals surface area contributed by atoms with E-state index in [0.717, 1.165) is 21.2 Å². The fourth-order valence-electron chi connectivity index (χ4n) is 2.30. The molecule has 0 radical (unpaired) electrons. The van der Waals surface area contributed by atoms with Gasteiger partial charge in [-0.25, -0.2) is 9.97 Å². The van der Waals surface area contributed by atoms with Gasteiger partial charge in [0.2, 0.25) is 5.91 Å². The maximum absolute atomic E-state index is 11.9. The SMILES string of the molecule is COc1ccc(-c2cnc(CCC(=O)NCc3cnc(C)s3)o2)cc1. The van der Waals surface area contributed by atoms with E-state index in [-0.39, 0.29) is 5.91 Å². The molecule has 2 aromatic heterocycles. The van der Waals surface area contributed by atoms with Gasteiger partial charge in [-0.05, 0) is 31.2 Å². The van der Waals surface area contributed by atoms with Crippen LogP contribution in [0.3, 0.4) is 0 Å². The van der Waals surface area contributed by atoms with Crippen LogP contribution in [0.4, 0.5) is 0 Å². The van der Waals surface area contributed by atoms with E-state index in [2.05, 4.69) is 15.3 Å². The molecule has 1 aromatic carbocycles. The van der Waals surface area contributed by atoms with Gasteiger partial charge in [-0.3, -0.25) is 4.79 Å². The third-order valence-electron chi connectivity index (χ3n) is 3.62. The number of nitrogens with zero attached hydrogens (tertiary/aromatic N) is 2. The van der Waals surface area contributed by atoms with Crippen LogP contribution in [0.15, 0.2) is 41.1 Å². The number of aryl methyl sites for hydroxylation is 2. The summed E-state index contributed by atoms with van der Waals surface area (Å²) in [7, 11) is 1.63. The molecule has 25 heavy (non-hydrogen) atoms.